The van der Waals surface area contributed by atoms with E-state index in [-0.39, 0.29) is 40.0 Å². The van der Waals surface area contributed by atoms with Crippen molar-refractivity contribution in [2.24, 2.45) is 5.73 Å². The first-order valence-corrected chi connectivity index (χ1v) is 9.74. The molecule has 1 aliphatic rings. The Hall–Kier alpha value is -3.76. The lowest BCUT2D eigenvalue weighted by Crippen LogP contribution is -2.25. The highest BCUT2D eigenvalue weighted by molar-refractivity contribution is 6.33. The van der Waals surface area contributed by atoms with Crippen LogP contribution in [-0.2, 0) is 14.3 Å². The van der Waals surface area contributed by atoms with Gasteiger partial charge in [-0.1, -0.05) is 41.9 Å². The summed E-state index contributed by atoms with van der Waals surface area (Å²) in [5.74, 6) is -2.19. The molecule has 0 fully saturated rings. The number of allylic oxidation sites excluding steroid dienone is 2. The molecule has 0 aromatic heterocycles. The summed E-state index contributed by atoms with van der Waals surface area (Å²) in [5.41, 5.74) is 8.42. The van der Waals surface area contributed by atoms with E-state index in [0.29, 0.717) is 5.56 Å². The Balaban J connectivity index is 2.03. The smallest absolute Gasteiger partial charge is 0.338 e. The van der Waals surface area contributed by atoms with Crippen LogP contribution in [0.15, 0.2) is 65.3 Å². The third kappa shape index (κ3) is 4.25. The number of esters is 1. The molecule has 1 unspecified atom stereocenters. The fourth-order valence-corrected chi connectivity index (χ4v) is 3.69. The molecule has 0 saturated carbocycles. The average molecular weight is 439 g/mol. The number of rotatable bonds is 5. The summed E-state index contributed by atoms with van der Waals surface area (Å²) in [7, 11) is 0. The van der Waals surface area contributed by atoms with Gasteiger partial charge < -0.3 is 20.3 Å². The summed E-state index contributed by atoms with van der Waals surface area (Å²) >= 11 is 6.07. The van der Waals surface area contributed by atoms with Gasteiger partial charge in [-0.2, -0.15) is 5.26 Å². The number of halogens is 1. The second-order valence-electron chi connectivity index (χ2n) is 6.74. The highest BCUT2D eigenvalue weighted by atomic mass is 35.5. The number of nitrogens with two attached hydrogens (primary N) is 1. The summed E-state index contributed by atoms with van der Waals surface area (Å²) < 4.78 is 10.6. The monoisotopic (exact) mass is 438 g/mol. The van der Waals surface area contributed by atoms with Crippen LogP contribution in [0.5, 0.6) is 0 Å². The summed E-state index contributed by atoms with van der Waals surface area (Å²) in [6.45, 7) is 3.47. The molecule has 7 nitrogen and oxygen atoms in total. The zero-order chi connectivity index (χ0) is 22.7. The Kier molecular flexibility index (Phi) is 6.33. The van der Waals surface area contributed by atoms with E-state index in [1.54, 1.807) is 50.2 Å². The Morgan fingerprint density at radius 1 is 1.23 bits per heavy atom. The minimum Gasteiger partial charge on any atom is -0.478 e. The molecule has 2 aromatic rings. The molecule has 3 rings (SSSR count). The van der Waals surface area contributed by atoms with Gasteiger partial charge in [0, 0.05) is 0 Å². The zero-order valence-electron chi connectivity index (χ0n) is 16.8. The second kappa shape index (κ2) is 8.94. The van der Waals surface area contributed by atoms with Crippen LogP contribution in [-0.4, -0.2) is 23.7 Å². The summed E-state index contributed by atoms with van der Waals surface area (Å²) in [6, 6.07) is 13.8. The first-order valence-electron chi connectivity index (χ1n) is 9.37. The Bertz CT molecular complexity index is 1160. The van der Waals surface area contributed by atoms with E-state index in [1.165, 1.54) is 6.07 Å². The van der Waals surface area contributed by atoms with Gasteiger partial charge in [0.2, 0.25) is 5.88 Å². The van der Waals surface area contributed by atoms with Crippen molar-refractivity contribution in [1.82, 2.24) is 0 Å². The van der Waals surface area contributed by atoms with E-state index in [0.717, 1.165) is 11.1 Å². The molecule has 0 spiro atoms. The van der Waals surface area contributed by atoms with Gasteiger partial charge >= 0.3 is 11.9 Å². The molecule has 1 aliphatic heterocycles. The quantitative estimate of drug-likeness (QED) is 0.665. The van der Waals surface area contributed by atoms with Crippen LogP contribution in [0, 0.1) is 11.3 Å². The Morgan fingerprint density at radius 2 is 1.87 bits per heavy atom. The van der Waals surface area contributed by atoms with Crippen LogP contribution >= 0.6 is 11.6 Å². The molecule has 0 saturated heterocycles. The van der Waals surface area contributed by atoms with E-state index >= 15 is 0 Å². The Morgan fingerprint density at radius 3 is 2.42 bits per heavy atom. The maximum Gasteiger partial charge on any atom is 0.338 e. The van der Waals surface area contributed by atoms with Gasteiger partial charge in [-0.25, -0.2) is 9.59 Å². The van der Waals surface area contributed by atoms with Crippen molar-refractivity contribution in [3.63, 3.8) is 0 Å². The molecule has 2 aromatic carbocycles. The Labute approximate surface area is 183 Å². The van der Waals surface area contributed by atoms with Gasteiger partial charge in [0.1, 0.15) is 17.4 Å². The predicted molar refractivity (Wildman–Crippen MR) is 114 cm³/mol. The van der Waals surface area contributed by atoms with Crippen LogP contribution in [0.2, 0.25) is 5.02 Å². The molecule has 0 aliphatic carbocycles. The number of benzene rings is 2. The number of nitrogens with zero attached hydrogens (tertiary/aromatic N) is 1. The summed E-state index contributed by atoms with van der Waals surface area (Å²) in [5, 5.41) is 18.9. The van der Waals surface area contributed by atoms with Crippen LogP contribution in [0.4, 0.5) is 0 Å². The average Bonchev–Trinajstić information content (AvgIpc) is 2.73. The van der Waals surface area contributed by atoms with Gasteiger partial charge in [-0.3, -0.25) is 0 Å². The lowest BCUT2D eigenvalue weighted by molar-refractivity contribution is -0.139. The van der Waals surface area contributed by atoms with E-state index in [9.17, 15) is 14.9 Å². The van der Waals surface area contributed by atoms with E-state index < -0.39 is 17.9 Å². The molecular formula is C23H19ClN2O5. The summed E-state index contributed by atoms with van der Waals surface area (Å²) in [4.78, 5) is 23.7. The fraction of sp³-hybridized carbons (Fsp3) is 0.174. The standard InChI is InChI=1S/C23H19ClN2O5/c1-3-30-23(29)19-12(2)31-21(26)17(11-25)20(19)14-6-4-13(5-7-14)15-8-9-16(22(27)28)18(24)10-15/h4-10,20H,3,26H2,1-2H3,(H,27,28). The van der Waals surface area contributed by atoms with Gasteiger partial charge in [0.05, 0.1) is 28.7 Å². The van der Waals surface area contributed by atoms with Crippen molar-refractivity contribution in [2.45, 2.75) is 19.8 Å². The first-order chi connectivity index (χ1) is 14.8. The van der Waals surface area contributed by atoms with Gasteiger partial charge in [0.25, 0.3) is 0 Å². The van der Waals surface area contributed by atoms with Crippen LogP contribution in [0.25, 0.3) is 11.1 Å². The number of hydrogen-bond donors (Lipinski definition) is 2. The molecule has 0 bridgehead atoms. The van der Waals surface area contributed by atoms with Crippen molar-refractivity contribution < 1.29 is 24.2 Å². The third-order valence-electron chi connectivity index (χ3n) is 4.88. The number of carboxylic acid groups (broad SMARTS) is 1. The van der Waals surface area contributed by atoms with E-state index in [2.05, 4.69) is 0 Å². The van der Waals surface area contributed by atoms with Crippen molar-refractivity contribution in [2.75, 3.05) is 6.61 Å². The van der Waals surface area contributed by atoms with Crippen molar-refractivity contribution in [3.8, 4) is 17.2 Å². The SMILES string of the molecule is CCOC(=O)C1=C(C)OC(N)=C(C#N)C1c1ccc(-c2ccc(C(=O)O)c(Cl)c2)cc1. The normalized spacial score (nSPS) is 15.9. The molecular weight excluding hydrogens is 420 g/mol. The molecule has 0 radical (unpaired) electrons. The van der Waals surface area contributed by atoms with Gasteiger partial charge in [0.15, 0.2) is 0 Å². The minimum atomic E-state index is -1.10. The van der Waals surface area contributed by atoms with E-state index in [4.69, 9.17) is 31.9 Å². The van der Waals surface area contributed by atoms with Crippen LogP contribution in [0.1, 0.15) is 35.7 Å². The molecule has 1 heterocycles. The maximum absolute atomic E-state index is 12.6. The molecule has 3 N–H and O–H groups in total. The number of ether oxygens (including phenoxy) is 2. The third-order valence-corrected chi connectivity index (χ3v) is 5.19. The van der Waals surface area contributed by atoms with Crippen LogP contribution in [0.3, 0.4) is 0 Å². The fourth-order valence-electron chi connectivity index (χ4n) is 3.42. The number of carboxylic acids is 1. The molecule has 0 amide bonds. The van der Waals surface area contributed by atoms with Gasteiger partial charge in [-0.15, -0.1) is 0 Å². The van der Waals surface area contributed by atoms with Gasteiger partial charge in [-0.05, 0) is 42.7 Å². The number of hydrogen-bond acceptors (Lipinski definition) is 6. The molecule has 8 heteroatoms. The van der Waals surface area contributed by atoms with E-state index in [1.807, 2.05) is 6.07 Å². The van der Waals surface area contributed by atoms with Crippen molar-refractivity contribution >= 4 is 23.5 Å². The maximum atomic E-state index is 12.6. The predicted octanol–water partition coefficient (Wildman–Crippen LogP) is 4.35. The second-order valence-corrected chi connectivity index (χ2v) is 7.14. The highest BCUT2D eigenvalue weighted by Gasteiger charge is 2.36. The van der Waals surface area contributed by atoms with Crippen LogP contribution < -0.4 is 5.73 Å². The lowest BCUT2D eigenvalue weighted by Gasteiger charge is -2.27. The highest BCUT2D eigenvalue weighted by Crippen LogP contribution is 2.40. The molecule has 158 valence electrons. The largest absolute Gasteiger partial charge is 0.478 e. The lowest BCUT2D eigenvalue weighted by atomic mass is 9.82. The summed E-state index contributed by atoms with van der Waals surface area (Å²) in [6.07, 6.45) is 0. The first kappa shape index (κ1) is 21.9. The number of aromatic carboxylic acids is 1. The number of nitriles is 1. The minimum absolute atomic E-state index is 0.0169. The number of carbonyl (C=O) groups excluding carboxylic acids is 1. The van der Waals surface area contributed by atoms with Crippen molar-refractivity contribution in [1.29, 1.82) is 5.26 Å². The zero-order valence-corrected chi connectivity index (χ0v) is 17.6. The van der Waals surface area contributed by atoms with Crippen molar-refractivity contribution in [3.05, 3.63) is 81.4 Å². The molecule has 31 heavy (non-hydrogen) atoms. The topological polar surface area (TPSA) is 123 Å². The molecule has 1 atom stereocenters. The number of carbonyl (C=O) groups is 2.